The van der Waals surface area contributed by atoms with Gasteiger partial charge in [0.2, 0.25) is 0 Å². The summed E-state index contributed by atoms with van der Waals surface area (Å²) in [5, 5.41) is 5.75. The Balaban J connectivity index is 1.19. The second kappa shape index (κ2) is 11.5. The van der Waals surface area contributed by atoms with E-state index in [-0.39, 0.29) is 0 Å². The molecule has 0 amide bonds. The maximum absolute atomic E-state index is 5.27. The highest BCUT2D eigenvalue weighted by Gasteiger charge is 2.48. The maximum atomic E-state index is 5.27. The third kappa shape index (κ3) is 4.27. The van der Waals surface area contributed by atoms with Gasteiger partial charge in [-0.2, -0.15) is 0 Å². The Bertz CT molecular complexity index is 2510. The number of hydrogen-bond donors (Lipinski definition) is 0. The summed E-state index contributed by atoms with van der Waals surface area (Å²) >= 11 is 0. The third-order valence-electron chi connectivity index (χ3n) is 10.6. The van der Waals surface area contributed by atoms with Crippen LogP contribution in [0.15, 0.2) is 182 Å². The Morgan fingerprint density at radius 2 is 0.900 bits per heavy atom. The molecule has 1 aliphatic heterocycles. The van der Waals surface area contributed by atoms with Crippen molar-refractivity contribution < 1.29 is 0 Å². The molecule has 2 aliphatic rings. The molecule has 0 N–H and O–H groups in total. The molecule has 10 rings (SSSR count). The molecule has 8 aromatic rings. The third-order valence-corrected chi connectivity index (χ3v) is 15.5. The normalized spacial score (nSPS) is 13.3. The van der Waals surface area contributed by atoms with Gasteiger partial charge < -0.3 is 0 Å². The van der Waals surface area contributed by atoms with Gasteiger partial charge in [-0.3, -0.25) is 0 Å². The minimum atomic E-state index is -2.60. The fourth-order valence-corrected chi connectivity index (χ4v) is 13.7. The van der Waals surface area contributed by atoms with Crippen LogP contribution >= 0.6 is 0 Å². The SMILES string of the molecule is c1ccc(-c2nc(-c3ccccc3)c3c(n2)-c2cccc(-c4ccc5c(c4)[Si](c4ccccc4)(c4ccccc4)c4ccccc4-5)c2C3)cc1. The summed E-state index contributed by atoms with van der Waals surface area (Å²) in [7, 11) is -2.60. The molecule has 0 atom stereocenters. The van der Waals surface area contributed by atoms with Crippen molar-refractivity contribution in [2.24, 2.45) is 0 Å². The van der Waals surface area contributed by atoms with E-state index in [9.17, 15) is 0 Å². The lowest BCUT2D eigenvalue weighted by molar-refractivity contribution is 1.13. The number of nitrogens with zero attached hydrogens (tertiary/aromatic N) is 2. The van der Waals surface area contributed by atoms with E-state index < -0.39 is 8.07 Å². The summed E-state index contributed by atoms with van der Waals surface area (Å²) in [6.45, 7) is 0. The Hall–Kier alpha value is -6.16. The molecular formula is C47H32N2Si. The van der Waals surface area contributed by atoms with Crippen LogP contribution in [0.4, 0.5) is 0 Å². The first-order valence-electron chi connectivity index (χ1n) is 17.3. The van der Waals surface area contributed by atoms with Crippen molar-refractivity contribution in [3.8, 4) is 56.2 Å². The highest BCUT2D eigenvalue weighted by molar-refractivity contribution is 7.22. The lowest BCUT2D eigenvalue weighted by Gasteiger charge is -2.31. The lowest BCUT2D eigenvalue weighted by Crippen LogP contribution is -2.72. The van der Waals surface area contributed by atoms with Gasteiger partial charge >= 0.3 is 0 Å². The van der Waals surface area contributed by atoms with E-state index in [1.165, 1.54) is 59.7 Å². The summed E-state index contributed by atoms with van der Waals surface area (Å²) in [6, 6.07) is 66.5. The van der Waals surface area contributed by atoms with E-state index in [0.29, 0.717) is 0 Å². The molecule has 2 heterocycles. The van der Waals surface area contributed by atoms with Crippen LogP contribution in [0.1, 0.15) is 11.1 Å². The van der Waals surface area contributed by atoms with Crippen LogP contribution in [0.5, 0.6) is 0 Å². The van der Waals surface area contributed by atoms with Gasteiger partial charge in [-0.15, -0.1) is 0 Å². The molecule has 0 spiro atoms. The van der Waals surface area contributed by atoms with Crippen LogP contribution in [0, 0.1) is 0 Å². The smallest absolute Gasteiger partial charge is 0.180 e. The van der Waals surface area contributed by atoms with Crippen LogP contribution in [-0.2, 0) is 6.42 Å². The van der Waals surface area contributed by atoms with Crippen LogP contribution in [-0.4, -0.2) is 18.0 Å². The van der Waals surface area contributed by atoms with E-state index in [1.807, 2.05) is 6.07 Å². The first kappa shape index (κ1) is 28.8. The molecule has 0 saturated carbocycles. The molecule has 1 aromatic heterocycles. The molecule has 0 radical (unpaired) electrons. The predicted octanol–water partition coefficient (Wildman–Crippen LogP) is 8.41. The highest BCUT2D eigenvalue weighted by atomic mass is 28.3. The van der Waals surface area contributed by atoms with Gasteiger partial charge in [0.15, 0.2) is 13.9 Å². The molecule has 1 aliphatic carbocycles. The Kier molecular flexibility index (Phi) is 6.61. The standard InChI is InChI=1S/C47H32N2Si/c1-5-16-32(17-6-1)45-42-31-41-37(25-15-26-40(41)46(42)49-47(48-45)33-18-7-2-8-19-33)34-28-29-39-38-24-13-14-27-43(38)50(44(39)30-34,35-20-9-3-10-21-35)36-22-11-4-12-23-36/h1-30H,31H2. The number of aromatic nitrogens is 2. The average Bonchev–Trinajstić information content (AvgIpc) is 3.73. The summed E-state index contributed by atoms with van der Waals surface area (Å²) in [4.78, 5) is 10.5. The van der Waals surface area contributed by atoms with Crippen molar-refractivity contribution in [2.45, 2.75) is 6.42 Å². The van der Waals surface area contributed by atoms with E-state index in [1.54, 1.807) is 0 Å². The van der Waals surface area contributed by atoms with E-state index >= 15 is 0 Å². The summed E-state index contributed by atoms with van der Waals surface area (Å²) in [5.74, 6) is 0.762. The van der Waals surface area contributed by atoms with Gasteiger partial charge in [0.1, 0.15) is 0 Å². The number of fused-ring (bicyclic) bond motifs is 6. The second-order valence-electron chi connectivity index (χ2n) is 13.3. The van der Waals surface area contributed by atoms with Crippen molar-refractivity contribution in [3.05, 3.63) is 193 Å². The fraction of sp³-hybridized carbons (Fsp3) is 0.0213. The summed E-state index contributed by atoms with van der Waals surface area (Å²) in [5.41, 5.74) is 13.2. The van der Waals surface area contributed by atoms with Crippen molar-refractivity contribution >= 4 is 28.8 Å². The van der Waals surface area contributed by atoms with E-state index in [4.69, 9.17) is 9.97 Å². The minimum Gasteiger partial charge on any atom is -0.228 e. The molecule has 3 heteroatoms. The molecule has 0 unspecified atom stereocenters. The van der Waals surface area contributed by atoms with Crippen molar-refractivity contribution in [1.82, 2.24) is 9.97 Å². The molecule has 0 fully saturated rings. The Morgan fingerprint density at radius 1 is 0.360 bits per heavy atom. The van der Waals surface area contributed by atoms with Crippen LogP contribution < -0.4 is 20.7 Å². The highest BCUT2D eigenvalue weighted by Crippen LogP contribution is 2.45. The maximum Gasteiger partial charge on any atom is 0.180 e. The molecule has 7 aromatic carbocycles. The monoisotopic (exact) mass is 652 g/mol. The first-order valence-corrected chi connectivity index (χ1v) is 19.3. The molecule has 2 nitrogen and oxygen atoms in total. The Morgan fingerprint density at radius 3 is 1.60 bits per heavy atom. The number of rotatable bonds is 5. The van der Waals surface area contributed by atoms with Crippen molar-refractivity contribution in [2.75, 3.05) is 0 Å². The number of hydrogen-bond acceptors (Lipinski definition) is 2. The van der Waals surface area contributed by atoms with E-state index in [2.05, 4.69) is 176 Å². The summed E-state index contributed by atoms with van der Waals surface area (Å²) < 4.78 is 0. The number of benzene rings is 7. The second-order valence-corrected chi connectivity index (χ2v) is 17.0. The van der Waals surface area contributed by atoms with Crippen molar-refractivity contribution in [1.29, 1.82) is 0 Å². The quantitative estimate of drug-likeness (QED) is 0.175. The molecular weight excluding hydrogens is 621 g/mol. The van der Waals surface area contributed by atoms with Gasteiger partial charge in [-0.05, 0) is 48.6 Å². The van der Waals surface area contributed by atoms with Crippen molar-refractivity contribution in [3.63, 3.8) is 0 Å². The van der Waals surface area contributed by atoms with Crippen LogP contribution in [0.25, 0.3) is 56.2 Å². The van der Waals surface area contributed by atoms with Gasteiger partial charge in [0.25, 0.3) is 0 Å². The Labute approximate surface area is 293 Å². The van der Waals surface area contributed by atoms with Gasteiger partial charge in [0.05, 0.1) is 11.4 Å². The largest absolute Gasteiger partial charge is 0.228 e. The van der Waals surface area contributed by atoms with Crippen LogP contribution in [0.3, 0.4) is 0 Å². The molecule has 0 saturated heterocycles. The van der Waals surface area contributed by atoms with Gasteiger partial charge in [-0.25, -0.2) is 9.97 Å². The predicted molar refractivity (Wildman–Crippen MR) is 209 cm³/mol. The zero-order valence-electron chi connectivity index (χ0n) is 27.4. The minimum absolute atomic E-state index is 0.762. The van der Waals surface area contributed by atoms with E-state index in [0.717, 1.165) is 34.8 Å². The van der Waals surface area contributed by atoms with Crippen LogP contribution in [0.2, 0.25) is 0 Å². The summed E-state index contributed by atoms with van der Waals surface area (Å²) in [6.07, 6.45) is 0.789. The first-order chi connectivity index (χ1) is 24.8. The average molecular weight is 653 g/mol. The molecule has 234 valence electrons. The lowest BCUT2D eigenvalue weighted by atomic mass is 9.94. The fourth-order valence-electron chi connectivity index (χ4n) is 8.48. The van der Waals surface area contributed by atoms with Gasteiger partial charge in [-0.1, -0.05) is 182 Å². The van der Waals surface area contributed by atoms with Gasteiger partial charge in [0, 0.05) is 28.7 Å². The topological polar surface area (TPSA) is 25.8 Å². The zero-order valence-corrected chi connectivity index (χ0v) is 28.4. The molecule has 50 heavy (non-hydrogen) atoms. The molecule has 0 bridgehead atoms. The zero-order chi connectivity index (χ0) is 33.1.